The minimum absolute atomic E-state index is 0.0000977. The molecule has 1 amide bonds. The number of hydrogen-bond acceptors (Lipinski definition) is 4. The number of aliphatic carboxylic acids is 1. The number of aryl methyl sites for hydroxylation is 1. The smallest absolute Gasteiger partial charge is 0.305 e. The van der Waals surface area contributed by atoms with Gasteiger partial charge in [0.15, 0.2) is 0 Å². The topological polar surface area (TPSA) is 76.1 Å². The van der Waals surface area contributed by atoms with Gasteiger partial charge in [-0.1, -0.05) is 12.1 Å². The maximum Gasteiger partial charge on any atom is 0.305 e. The van der Waals surface area contributed by atoms with E-state index in [0.717, 1.165) is 24.2 Å². The number of carbonyl (C=O) groups is 2. The largest absolute Gasteiger partial charge is 0.494 e. The predicted octanol–water partition coefficient (Wildman–Crippen LogP) is 2.25. The average molecular weight is 335 g/mol. The number of carbonyl (C=O) groups excluding carboxylic acids is 1. The van der Waals surface area contributed by atoms with Crippen LogP contribution in [-0.2, 0) is 14.3 Å². The first-order valence-electron chi connectivity index (χ1n) is 8.35. The summed E-state index contributed by atoms with van der Waals surface area (Å²) in [5, 5.41) is 8.93. The monoisotopic (exact) mass is 335 g/mol. The number of ether oxygens (including phenoxy) is 2. The number of amides is 1. The highest BCUT2D eigenvalue weighted by molar-refractivity contribution is 5.77. The number of morpholine rings is 1. The fourth-order valence-corrected chi connectivity index (χ4v) is 2.77. The Morgan fingerprint density at radius 2 is 2.21 bits per heavy atom. The second-order valence-corrected chi connectivity index (χ2v) is 6.04. The SMILES string of the molecule is Cc1cccc(OCCCCC(=O)N2CCOCC2CC(=O)O)c1. The van der Waals surface area contributed by atoms with Gasteiger partial charge in [0.1, 0.15) is 5.75 Å². The van der Waals surface area contributed by atoms with Crippen LogP contribution in [0.5, 0.6) is 5.75 Å². The first kappa shape index (κ1) is 18.3. The van der Waals surface area contributed by atoms with Crippen LogP contribution in [0.15, 0.2) is 24.3 Å². The molecule has 6 nitrogen and oxygen atoms in total. The van der Waals surface area contributed by atoms with E-state index in [2.05, 4.69) is 0 Å². The number of carboxylic acids is 1. The van der Waals surface area contributed by atoms with Crippen LogP contribution in [0.4, 0.5) is 0 Å². The summed E-state index contributed by atoms with van der Waals surface area (Å²) in [6, 6.07) is 7.52. The van der Waals surface area contributed by atoms with Crippen molar-refractivity contribution in [3.63, 3.8) is 0 Å². The van der Waals surface area contributed by atoms with Crippen LogP contribution >= 0.6 is 0 Å². The van der Waals surface area contributed by atoms with Crippen molar-refractivity contribution in [2.75, 3.05) is 26.4 Å². The molecule has 1 aromatic carbocycles. The predicted molar refractivity (Wildman–Crippen MR) is 89.1 cm³/mol. The minimum Gasteiger partial charge on any atom is -0.494 e. The first-order chi connectivity index (χ1) is 11.6. The summed E-state index contributed by atoms with van der Waals surface area (Å²) in [5.74, 6) is -0.0639. The van der Waals surface area contributed by atoms with Crippen LogP contribution in [0.2, 0.25) is 0 Å². The summed E-state index contributed by atoms with van der Waals surface area (Å²) in [5.41, 5.74) is 1.15. The van der Waals surface area contributed by atoms with Crippen molar-refractivity contribution in [2.24, 2.45) is 0 Å². The highest BCUT2D eigenvalue weighted by Gasteiger charge is 2.28. The lowest BCUT2D eigenvalue weighted by atomic mass is 10.1. The van der Waals surface area contributed by atoms with Crippen LogP contribution in [0.1, 0.15) is 31.2 Å². The summed E-state index contributed by atoms with van der Waals surface area (Å²) in [4.78, 5) is 24.8. The Hall–Kier alpha value is -2.08. The average Bonchev–Trinajstić information content (AvgIpc) is 2.54. The molecule has 0 radical (unpaired) electrons. The fourth-order valence-electron chi connectivity index (χ4n) is 2.77. The van der Waals surface area contributed by atoms with Gasteiger partial charge in [-0.25, -0.2) is 0 Å². The Morgan fingerprint density at radius 1 is 1.38 bits per heavy atom. The molecule has 1 saturated heterocycles. The van der Waals surface area contributed by atoms with E-state index >= 15 is 0 Å². The van der Waals surface area contributed by atoms with Gasteiger partial charge in [0, 0.05) is 13.0 Å². The zero-order valence-corrected chi connectivity index (χ0v) is 14.1. The van der Waals surface area contributed by atoms with Crippen LogP contribution in [0.3, 0.4) is 0 Å². The van der Waals surface area contributed by atoms with E-state index in [1.54, 1.807) is 4.90 Å². The zero-order valence-electron chi connectivity index (χ0n) is 14.1. The van der Waals surface area contributed by atoms with Crippen molar-refractivity contribution >= 4 is 11.9 Å². The van der Waals surface area contributed by atoms with E-state index < -0.39 is 5.97 Å². The standard InChI is InChI=1S/C18H25NO5/c1-14-5-4-6-16(11-14)24-9-3-2-7-17(20)19-8-10-23-13-15(19)12-18(21)22/h4-6,11,15H,2-3,7-10,12-13H2,1H3,(H,21,22). The molecule has 24 heavy (non-hydrogen) atoms. The van der Waals surface area contributed by atoms with Gasteiger partial charge >= 0.3 is 5.97 Å². The molecule has 1 N–H and O–H groups in total. The molecule has 1 heterocycles. The number of nitrogens with zero attached hydrogens (tertiary/aromatic N) is 1. The van der Waals surface area contributed by atoms with Gasteiger partial charge in [-0.15, -0.1) is 0 Å². The van der Waals surface area contributed by atoms with Crippen molar-refractivity contribution in [1.82, 2.24) is 4.90 Å². The molecular formula is C18H25NO5. The maximum atomic E-state index is 12.3. The third kappa shape index (κ3) is 5.85. The zero-order chi connectivity index (χ0) is 17.4. The van der Waals surface area contributed by atoms with Crippen molar-refractivity contribution in [2.45, 2.75) is 38.6 Å². The number of hydrogen-bond donors (Lipinski definition) is 1. The molecule has 0 aromatic heterocycles. The highest BCUT2D eigenvalue weighted by Crippen LogP contribution is 2.15. The summed E-state index contributed by atoms with van der Waals surface area (Å²) in [6.45, 7) is 3.82. The summed E-state index contributed by atoms with van der Waals surface area (Å²) < 4.78 is 11.0. The molecule has 0 saturated carbocycles. The molecule has 1 aliphatic rings. The van der Waals surface area contributed by atoms with E-state index in [1.807, 2.05) is 31.2 Å². The van der Waals surface area contributed by atoms with Gasteiger partial charge in [-0.05, 0) is 37.5 Å². The Bertz CT molecular complexity index is 560. The van der Waals surface area contributed by atoms with Gasteiger partial charge < -0.3 is 19.5 Å². The Kier molecular flexibility index (Phi) is 7.06. The molecule has 1 atom stereocenters. The number of carboxylic acid groups (broad SMARTS) is 1. The van der Waals surface area contributed by atoms with Crippen LogP contribution < -0.4 is 4.74 Å². The molecule has 0 aliphatic carbocycles. The molecule has 0 bridgehead atoms. The van der Waals surface area contributed by atoms with Crippen LogP contribution in [0, 0.1) is 6.92 Å². The Morgan fingerprint density at radius 3 is 2.96 bits per heavy atom. The first-order valence-corrected chi connectivity index (χ1v) is 8.35. The molecule has 1 aliphatic heterocycles. The highest BCUT2D eigenvalue weighted by atomic mass is 16.5. The van der Waals surface area contributed by atoms with Gasteiger partial charge in [0.2, 0.25) is 5.91 Å². The lowest BCUT2D eigenvalue weighted by Gasteiger charge is -2.35. The summed E-state index contributed by atoms with van der Waals surface area (Å²) >= 11 is 0. The number of benzene rings is 1. The third-order valence-corrected chi connectivity index (χ3v) is 4.00. The molecule has 1 unspecified atom stereocenters. The second kappa shape index (κ2) is 9.27. The van der Waals surface area contributed by atoms with Crippen LogP contribution in [0.25, 0.3) is 0 Å². The Balaban J connectivity index is 1.69. The minimum atomic E-state index is -0.908. The van der Waals surface area contributed by atoms with Gasteiger partial charge in [-0.3, -0.25) is 9.59 Å². The van der Waals surface area contributed by atoms with Crippen molar-refractivity contribution < 1.29 is 24.2 Å². The number of rotatable bonds is 8. The molecule has 1 fully saturated rings. The molecular weight excluding hydrogens is 310 g/mol. The Labute approximate surface area is 142 Å². The normalized spacial score (nSPS) is 17.5. The van der Waals surface area contributed by atoms with Gasteiger partial charge in [0.25, 0.3) is 0 Å². The van der Waals surface area contributed by atoms with Crippen molar-refractivity contribution in [1.29, 1.82) is 0 Å². The van der Waals surface area contributed by atoms with E-state index in [4.69, 9.17) is 14.6 Å². The van der Waals surface area contributed by atoms with E-state index in [1.165, 1.54) is 0 Å². The van der Waals surface area contributed by atoms with Crippen molar-refractivity contribution in [3.8, 4) is 5.75 Å². The fraction of sp³-hybridized carbons (Fsp3) is 0.556. The second-order valence-electron chi connectivity index (χ2n) is 6.04. The van der Waals surface area contributed by atoms with Crippen LogP contribution in [-0.4, -0.2) is 54.3 Å². The quantitative estimate of drug-likeness (QED) is 0.737. The molecule has 6 heteroatoms. The third-order valence-electron chi connectivity index (χ3n) is 4.00. The van der Waals surface area contributed by atoms with Crippen molar-refractivity contribution in [3.05, 3.63) is 29.8 Å². The lowest BCUT2D eigenvalue weighted by molar-refractivity contribution is -0.146. The molecule has 2 rings (SSSR count). The van der Waals surface area contributed by atoms with E-state index in [0.29, 0.717) is 32.8 Å². The van der Waals surface area contributed by atoms with E-state index in [-0.39, 0.29) is 18.4 Å². The molecule has 1 aromatic rings. The molecule has 132 valence electrons. The summed E-state index contributed by atoms with van der Waals surface area (Å²) in [6.07, 6.45) is 1.85. The van der Waals surface area contributed by atoms with Gasteiger partial charge in [-0.2, -0.15) is 0 Å². The molecule has 0 spiro atoms. The van der Waals surface area contributed by atoms with E-state index in [9.17, 15) is 9.59 Å². The lowest BCUT2D eigenvalue weighted by Crippen LogP contribution is -2.49. The number of unbranched alkanes of at least 4 members (excludes halogenated alkanes) is 1. The maximum absolute atomic E-state index is 12.3. The summed E-state index contributed by atoms with van der Waals surface area (Å²) in [7, 11) is 0. The van der Waals surface area contributed by atoms with Gasteiger partial charge in [0.05, 0.1) is 32.3 Å².